The molecule has 0 aliphatic carbocycles. The molecule has 0 amide bonds. The summed E-state index contributed by atoms with van der Waals surface area (Å²) in [5.74, 6) is -0.231. The van der Waals surface area contributed by atoms with Gasteiger partial charge in [-0.2, -0.15) is 5.10 Å². The van der Waals surface area contributed by atoms with Crippen molar-refractivity contribution < 1.29 is 4.39 Å². The second kappa shape index (κ2) is 5.89. The van der Waals surface area contributed by atoms with E-state index < -0.39 is 0 Å². The average Bonchev–Trinajstić information content (AvgIpc) is 2.63. The molecule has 5 heteroatoms. The van der Waals surface area contributed by atoms with Crippen LogP contribution in [0.5, 0.6) is 0 Å². The van der Waals surface area contributed by atoms with Gasteiger partial charge >= 0.3 is 0 Å². The van der Waals surface area contributed by atoms with E-state index in [9.17, 15) is 4.39 Å². The second-order valence-electron chi connectivity index (χ2n) is 6.27. The number of benzene rings is 1. The molecule has 0 aliphatic heterocycles. The molecular formula is C16H21BrFN3. The van der Waals surface area contributed by atoms with Crippen LogP contribution in [0, 0.1) is 19.7 Å². The van der Waals surface area contributed by atoms with Crippen LogP contribution in [0.15, 0.2) is 22.7 Å². The smallest absolute Gasteiger partial charge is 0.123 e. The van der Waals surface area contributed by atoms with Gasteiger partial charge in [-0.05, 0) is 74.3 Å². The summed E-state index contributed by atoms with van der Waals surface area (Å²) in [4.78, 5) is 0. The summed E-state index contributed by atoms with van der Waals surface area (Å²) >= 11 is 3.53. The molecule has 0 spiro atoms. The third-order valence-corrected chi connectivity index (χ3v) is 4.43. The molecule has 1 N–H and O–H groups in total. The molecule has 0 saturated heterocycles. The fourth-order valence-corrected chi connectivity index (χ4v) is 2.37. The van der Waals surface area contributed by atoms with Gasteiger partial charge in [0.25, 0.3) is 0 Å². The fraction of sp³-hybridized carbons (Fsp3) is 0.438. The average molecular weight is 354 g/mol. The molecular weight excluding hydrogens is 333 g/mol. The molecule has 1 aromatic carbocycles. The molecule has 0 aliphatic rings. The topological polar surface area (TPSA) is 29.9 Å². The Kier molecular flexibility index (Phi) is 4.54. The highest BCUT2D eigenvalue weighted by Gasteiger charge is 2.16. The molecule has 0 unspecified atom stereocenters. The zero-order valence-corrected chi connectivity index (χ0v) is 14.7. The Morgan fingerprint density at radius 2 is 1.95 bits per heavy atom. The number of halogens is 2. The number of hydrogen-bond donors (Lipinski definition) is 1. The Morgan fingerprint density at radius 3 is 2.48 bits per heavy atom. The van der Waals surface area contributed by atoms with Gasteiger partial charge in [0.15, 0.2) is 0 Å². The summed E-state index contributed by atoms with van der Waals surface area (Å²) in [5.41, 5.74) is 3.70. The molecule has 2 rings (SSSR count). The lowest BCUT2D eigenvalue weighted by molar-refractivity contribution is 0.423. The molecule has 2 aromatic rings. The lowest BCUT2D eigenvalue weighted by Crippen LogP contribution is -2.35. The Morgan fingerprint density at radius 1 is 1.29 bits per heavy atom. The maximum atomic E-state index is 13.6. The highest BCUT2D eigenvalue weighted by molar-refractivity contribution is 9.10. The second-order valence-corrected chi connectivity index (χ2v) is 7.07. The monoisotopic (exact) mass is 353 g/mol. The maximum absolute atomic E-state index is 13.6. The standard InChI is InChI=1S/C16H21BrFN3/c1-10-15(17)11(2)21(20-10)14-7-6-13(18)8-12(14)9-19-16(3,4)5/h6-8,19H,9H2,1-5H3. The van der Waals surface area contributed by atoms with Gasteiger partial charge < -0.3 is 5.32 Å². The van der Waals surface area contributed by atoms with Gasteiger partial charge in [0.05, 0.1) is 21.5 Å². The van der Waals surface area contributed by atoms with Crippen molar-refractivity contribution in [3.05, 3.63) is 45.4 Å². The molecule has 1 heterocycles. The van der Waals surface area contributed by atoms with Crippen LogP contribution in [0.25, 0.3) is 5.69 Å². The molecule has 0 bridgehead atoms. The summed E-state index contributed by atoms with van der Waals surface area (Å²) in [6.07, 6.45) is 0. The third kappa shape index (κ3) is 3.71. The molecule has 0 atom stereocenters. The van der Waals surface area contributed by atoms with Crippen LogP contribution in [0.3, 0.4) is 0 Å². The lowest BCUT2D eigenvalue weighted by Gasteiger charge is -2.22. The Balaban J connectivity index is 2.46. The normalized spacial score (nSPS) is 12.0. The predicted octanol–water partition coefficient (Wildman–Crippen LogP) is 4.28. The summed E-state index contributed by atoms with van der Waals surface area (Å²) < 4.78 is 16.4. The number of aromatic nitrogens is 2. The van der Waals surface area contributed by atoms with Crippen molar-refractivity contribution in [2.24, 2.45) is 0 Å². The highest BCUT2D eigenvalue weighted by Crippen LogP contribution is 2.25. The summed E-state index contributed by atoms with van der Waals surface area (Å²) in [6, 6.07) is 4.82. The SMILES string of the molecule is Cc1nn(-c2ccc(F)cc2CNC(C)(C)C)c(C)c1Br. The Bertz CT molecular complexity index is 656. The van der Waals surface area contributed by atoms with Crippen LogP contribution in [0.4, 0.5) is 4.39 Å². The number of aryl methyl sites for hydroxylation is 1. The van der Waals surface area contributed by atoms with E-state index >= 15 is 0 Å². The van der Waals surface area contributed by atoms with E-state index in [0.717, 1.165) is 27.1 Å². The van der Waals surface area contributed by atoms with Crippen molar-refractivity contribution in [2.45, 2.75) is 46.7 Å². The van der Waals surface area contributed by atoms with Crippen LogP contribution in [-0.2, 0) is 6.54 Å². The zero-order chi connectivity index (χ0) is 15.8. The van der Waals surface area contributed by atoms with Gasteiger partial charge in [0.1, 0.15) is 5.82 Å². The first kappa shape index (κ1) is 16.2. The van der Waals surface area contributed by atoms with Gasteiger partial charge in [-0.25, -0.2) is 9.07 Å². The van der Waals surface area contributed by atoms with Crippen molar-refractivity contribution in [3.63, 3.8) is 0 Å². The molecule has 114 valence electrons. The largest absolute Gasteiger partial charge is 0.308 e. The van der Waals surface area contributed by atoms with Gasteiger partial charge in [-0.3, -0.25) is 0 Å². The molecule has 1 aromatic heterocycles. The third-order valence-electron chi connectivity index (χ3n) is 3.28. The fourth-order valence-electron chi connectivity index (χ4n) is 2.12. The number of rotatable bonds is 3. The minimum atomic E-state index is -0.231. The molecule has 0 fully saturated rings. The van der Waals surface area contributed by atoms with E-state index in [0.29, 0.717) is 6.54 Å². The van der Waals surface area contributed by atoms with Crippen molar-refractivity contribution in [3.8, 4) is 5.69 Å². The minimum absolute atomic E-state index is 0.0285. The maximum Gasteiger partial charge on any atom is 0.123 e. The predicted molar refractivity (Wildman–Crippen MR) is 87.3 cm³/mol. The molecule has 21 heavy (non-hydrogen) atoms. The van der Waals surface area contributed by atoms with Crippen molar-refractivity contribution >= 4 is 15.9 Å². The van der Waals surface area contributed by atoms with Crippen LogP contribution in [-0.4, -0.2) is 15.3 Å². The summed E-state index contributed by atoms with van der Waals surface area (Å²) in [5, 5.41) is 7.93. The number of nitrogens with one attached hydrogen (secondary N) is 1. The van der Waals surface area contributed by atoms with E-state index in [2.05, 4.69) is 47.1 Å². The zero-order valence-electron chi connectivity index (χ0n) is 13.1. The Hall–Kier alpha value is -1.20. The lowest BCUT2D eigenvalue weighted by atomic mass is 10.1. The quantitative estimate of drug-likeness (QED) is 0.892. The van der Waals surface area contributed by atoms with Gasteiger partial charge in [0.2, 0.25) is 0 Å². The minimum Gasteiger partial charge on any atom is -0.308 e. The summed E-state index contributed by atoms with van der Waals surface area (Å²) in [6.45, 7) is 10.8. The van der Waals surface area contributed by atoms with E-state index in [1.165, 1.54) is 6.07 Å². The number of nitrogens with zero attached hydrogens (tertiary/aromatic N) is 2. The van der Waals surface area contributed by atoms with Crippen molar-refractivity contribution in [1.29, 1.82) is 0 Å². The van der Waals surface area contributed by atoms with Crippen molar-refractivity contribution in [1.82, 2.24) is 15.1 Å². The summed E-state index contributed by atoms with van der Waals surface area (Å²) in [7, 11) is 0. The van der Waals surface area contributed by atoms with Crippen LogP contribution < -0.4 is 5.32 Å². The van der Waals surface area contributed by atoms with E-state index in [1.54, 1.807) is 12.1 Å². The van der Waals surface area contributed by atoms with Gasteiger partial charge in [-0.1, -0.05) is 0 Å². The molecule has 3 nitrogen and oxygen atoms in total. The van der Waals surface area contributed by atoms with Crippen molar-refractivity contribution in [2.75, 3.05) is 0 Å². The van der Waals surface area contributed by atoms with E-state index in [-0.39, 0.29) is 11.4 Å². The first-order valence-corrected chi connectivity index (χ1v) is 7.74. The van der Waals surface area contributed by atoms with Gasteiger partial charge in [0, 0.05) is 12.1 Å². The number of hydrogen-bond acceptors (Lipinski definition) is 2. The van der Waals surface area contributed by atoms with Crippen LogP contribution in [0.1, 0.15) is 37.7 Å². The first-order chi connectivity index (χ1) is 9.69. The molecule has 0 saturated carbocycles. The van der Waals surface area contributed by atoms with E-state index in [1.807, 2.05) is 18.5 Å². The molecule has 0 radical (unpaired) electrons. The Labute approximate surface area is 133 Å². The van der Waals surface area contributed by atoms with Crippen LogP contribution in [0.2, 0.25) is 0 Å². The first-order valence-electron chi connectivity index (χ1n) is 6.94. The van der Waals surface area contributed by atoms with E-state index in [4.69, 9.17) is 0 Å². The van der Waals surface area contributed by atoms with Gasteiger partial charge in [-0.15, -0.1) is 0 Å². The highest BCUT2D eigenvalue weighted by atomic mass is 79.9. The van der Waals surface area contributed by atoms with Crippen LogP contribution >= 0.6 is 15.9 Å².